The number of aryl methyl sites for hydroxylation is 3. The minimum atomic E-state index is -4.42. The van der Waals surface area contributed by atoms with E-state index in [0.29, 0.717) is 12.4 Å². The molecule has 5 nitrogen and oxygen atoms in total. The molecule has 0 amide bonds. The number of nitrogens with zero attached hydrogens (tertiary/aromatic N) is 4. The van der Waals surface area contributed by atoms with Crippen LogP contribution in [0.15, 0.2) is 12.4 Å². The first-order chi connectivity index (χ1) is 9.32. The molecule has 2 heterocycles. The Hall–Kier alpha value is -1.70. The summed E-state index contributed by atoms with van der Waals surface area (Å²) in [5.74, 6) is 0.587. The number of anilines is 1. The number of hydrogen-bond acceptors (Lipinski definition) is 3. The Morgan fingerprint density at radius 3 is 2.52 bits per heavy atom. The van der Waals surface area contributed by atoms with E-state index in [1.54, 1.807) is 4.68 Å². The lowest BCUT2D eigenvalue weighted by molar-refractivity contribution is -0.144. The zero-order valence-corrected chi connectivity index (χ0v) is 12.7. The van der Waals surface area contributed by atoms with Crippen LogP contribution in [0.4, 0.5) is 19.0 Å². The second kappa shape index (κ2) is 6.38. The van der Waals surface area contributed by atoms with Crippen LogP contribution in [-0.4, -0.2) is 19.6 Å². The Balaban J connectivity index is 0.00000220. The summed E-state index contributed by atoms with van der Waals surface area (Å²) in [5, 5.41) is 10.8. The fraction of sp³-hybridized carbons (Fsp3) is 0.500. The summed E-state index contributed by atoms with van der Waals surface area (Å²) in [6, 6.07) is 0. The summed E-state index contributed by atoms with van der Waals surface area (Å²) in [7, 11) is 1.28. The van der Waals surface area contributed by atoms with Crippen LogP contribution >= 0.6 is 12.4 Å². The maximum absolute atomic E-state index is 12.9. The largest absolute Gasteiger partial charge is 0.433 e. The van der Waals surface area contributed by atoms with Crippen molar-refractivity contribution in [3.8, 4) is 0 Å². The molecule has 0 aliphatic rings. The summed E-state index contributed by atoms with van der Waals surface area (Å²) < 4.78 is 41.3. The SMILES string of the molecule is CCn1cc(C)c(NCc2cnn(C)c2C(F)(F)F)n1.Cl. The Bertz CT molecular complexity index is 603. The molecule has 0 saturated carbocycles. The predicted molar refractivity (Wildman–Crippen MR) is 75.4 cm³/mol. The van der Waals surface area contributed by atoms with Crippen LogP contribution < -0.4 is 5.32 Å². The molecule has 0 aliphatic carbocycles. The van der Waals surface area contributed by atoms with Crippen molar-refractivity contribution in [2.24, 2.45) is 7.05 Å². The number of halogens is 4. The lowest BCUT2D eigenvalue weighted by Gasteiger charge is -2.10. The van der Waals surface area contributed by atoms with Crippen molar-refractivity contribution in [1.82, 2.24) is 19.6 Å². The lowest BCUT2D eigenvalue weighted by atomic mass is 10.2. The molecule has 0 radical (unpaired) electrons. The maximum Gasteiger partial charge on any atom is 0.433 e. The molecule has 0 fully saturated rings. The van der Waals surface area contributed by atoms with Crippen LogP contribution in [0.2, 0.25) is 0 Å². The van der Waals surface area contributed by atoms with Gasteiger partial charge in [-0.3, -0.25) is 9.36 Å². The Kier molecular flexibility index (Phi) is 5.27. The van der Waals surface area contributed by atoms with E-state index < -0.39 is 11.9 Å². The highest BCUT2D eigenvalue weighted by molar-refractivity contribution is 5.85. The molecule has 21 heavy (non-hydrogen) atoms. The molecule has 9 heteroatoms. The maximum atomic E-state index is 12.9. The van der Waals surface area contributed by atoms with E-state index in [2.05, 4.69) is 15.5 Å². The monoisotopic (exact) mass is 323 g/mol. The fourth-order valence-corrected chi connectivity index (χ4v) is 2.01. The average molecular weight is 324 g/mol. The molecule has 0 bridgehead atoms. The summed E-state index contributed by atoms with van der Waals surface area (Å²) >= 11 is 0. The zero-order valence-electron chi connectivity index (χ0n) is 11.9. The zero-order chi connectivity index (χ0) is 14.9. The van der Waals surface area contributed by atoms with Gasteiger partial charge in [0.05, 0.1) is 6.20 Å². The van der Waals surface area contributed by atoms with Gasteiger partial charge in [0.1, 0.15) is 5.69 Å². The van der Waals surface area contributed by atoms with Crippen LogP contribution in [-0.2, 0) is 26.3 Å². The van der Waals surface area contributed by atoms with Gasteiger partial charge in [0, 0.05) is 37.5 Å². The standard InChI is InChI=1S/C12H16F3N5.ClH/c1-4-20-7-8(2)11(18-20)16-5-9-6-17-19(3)10(9)12(13,14)15;/h6-7H,4-5H2,1-3H3,(H,16,18);1H. The van der Waals surface area contributed by atoms with Crippen LogP contribution in [0.3, 0.4) is 0 Å². The molecule has 0 spiro atoms. The Labute approximate surface area is 126 Å². The molecular formula is C12H17ClF3N5. The third-order valence-corrected chi connectivity index (χ3v) is 3.00. The predicted octanol–water partition coefficient (Wildman–Crippen LogP) is 3.00. The number of aromatic nitrogens is 4. The first kappa shape index (κ1) is 17.4. The second-order valence-corrected chi connectivity index (χ2v) is 4.51. The summed E-state index contributed by atoms with van der Waals surface area (Å²) in [6.07, 6.45) is -1.35. The quantitative estimate of drug-likeness (QED) is 0.941. The highest BCUT2D eigenvalue weighted by Crippen LogP contribution is 2.31. The minimum Gasteiger partial charge on any atom is -0.364 e. The molecule has 0 saturated heterocycles. The van der Waals surface area contributed by atoms with Gasteiger partial charge in [0.25, 0.3) is 0 Å². The van der Waals surface area contributed by atoms with Crippen molar-refractivity contribution in [3.05, 3.63) is 29.2 Å². The van der Waals surface area contributed by atoms with Gasteiger partial charge in [0.2, 0.25) is 0 Å². The van der Waals surface area contributed by atoms with Crippen LogP contribution in [0.25, 0.3) is 0 Å². The van der Waals surface area contributed by atoms with Gasteiger partial charge in [-0.05, 0) is 13.8 Å². The fourth-order valence-electron chi connectivity index (χ4n) is 2.01. The normalized spacial score (nSPS) is 11.3. The van der Waals surface area contributed by atoms with Crippen LogP contribution in [0, 0.1) is 6.92 Å². The molecular weight excluding hydrogens is 307 g/mol. The summed E-state index contributed by atoms with van der Waals surface area (Å²) in [4.78, 5) is 0. The Morgan fingerprint density at radius 1 is 1.33 bits per heavy atom. The number of alkyl halides is 3. The molecule has 0 aromatic carbocycles. The van der Waals surface area contributed by atoms with Crippen molar-refractivity contribution < 1.29 is 13.2 Å². The van der Waals surface area contributed by atoms with Crippen LogP contribution in [0.5, 0.6) is 0 Å². The van der Waals surface area contributed by atoms with Crippen molar-refractivity contribution in [2.45, 2.75) is 33.1 Å². The molecule has 1 N–H and O–H groups in total. The molecule has 0 aliphatic heterocycles. The van der Waals surface area contributed by atoms with Gasteiger partial charge < -0.3 is 5.32 Å². The molecule has 2 aromatic heterocycles. The Morgan fingerprint density at radius 2 is 2.00 bits per heavy atom. The third-order valence-electron chi connectivity index (χ3n) is 3.00. The van der Waals surface area contributed by atoms with E-state index in [-0.39, 0.29) is 24.5 Å². The van der Waals surface area contributed by atoms with Gasteiger partial charge in [-0.1, -0.05) is 0 Å². The van der Waals surface area contributed by atoms with E-state index in [4.69, 9.17) is 0 Å². The molecule has 2 rings (SSSR count). The first-order valence-corrected chi connectivity index (χ1v) is 6.19. The molecule has 2 aromatic rings. The van der Waals surface area contributed by atoms with E-state index in [1.165, 1.54) is 13.2 Å². The molecule has 0 unspecified atom stereocenters. The van der Waals surface area contributed by atoms with Gasteiger partial charge in [-0.2, -0.15) is 23.4 Å². The minimum absolute atomic E-state index is 0. The van der Waals surface area contributed by atoms with Crippen molar-refractivity contribution >= 4 is 18.2 Å². The van der Waals surface area contributed by atoms with Gasteiger partial charge in [-0.15, -0.1) is 12.4 Å². The average Bonchev–Trinajstić information content (AvgIpc) is 2.89. The van der Waals surface area contributed by atoms with E-state index >= 15 is 0 Å². The number of nitrogens with one attached hydrogen (secondary N) is 1. The first-order valence-electron chi connectivity index (χ1n) is 6.19. The highest BCUT2D eigenvalue weighted by atomic mass is 35.5. The van der Waals surface area contributed by atoms with Gasteiger partial charge in [-0.25, -0.2) is 0 Å². The summed E-state index contributed by atoms with van der Waals surface area (Å²) in [6.45, 7) is 4.54. The lowest BCUT2D eigenvalue weighted by Crippen LogP contribution is -2.15. The third kappa shape index (κ3) is 3.69. The van der Waals surface area contributed by atoms with E-state index in [9.17, 15) is 13.2 Å². The molecule has 0 atom stereocenters. The second-order valence-electron chi connectivity index (χ2n) is 4.51. The van der Waals surface area contributed by atoms with Crippen molar-refractivity contribution in [1.29, 1.82) is 0 Å². The van der Waals surface area contributed by atoms with Crippen molar-refractivity contribution in [3.63, 3.8) is 0 Å². The van der Waals surface area contributed by atoms with Gasteiger partial charge >= 0.3 is 6.18 Å². The highest BCUT2D eigenvalue weighted by Gasteiger charge is 2.37. The van der Waals surface area contributed by atoms with Crippen molar-refractivity contribution in [2.75, 3.05) is 5.32 Å². The number of rotatable bonds is 4. The molecule has 118 valence electrons. The topological polar surface area (TPSA) is 47.7 Å². The summed E-state index contributed by atoms with van der Waals surface area (Å²) in [5.41, 5.74) is 0.257. The van der Waals surface area contributed by atoms with E-state index in [1.807, 2.05) is 20.0 Å². The van der Waals surface area contributed by atoms with Gasteiger partial charge in [0.15, 0.2) is 5.82 Å². The van der Waals surface area contributed by atoms with E-state index in [0.717, 1.165) is 10.2 Å². The number of hydrogen-bond donors (Lipinski definition) is 1. The van der Waals surface area contributed by atoms with Crippen LogP contribution in [0.1, 0.15) is 23.7 Å². The smallest absolute Gasteiger partial charge is 0.364 e.